The zero-order chi connectivity index (χ0) is 18.2. The summed E-state index contributed by atoms with van der Waals surface area (Å²) in [5.74, 6) is 1.43. The maximum Gasteiger partial charge on any atom is 0.254 e. The van der Waals surface area contributed by atoms with Crippen LogP contribution in [0.25, 0.3) is 0 Å². The zero-order valence-electron chi connectivity index (χ0n) is 14.7. The molecule has 6 heteroatoms. The van der Waals surface area contributed by atoms with E-state index in [1.165, 1.54) is 15.3 Å². The van der Waals surface area contributed by atoms with Crippen molar-refractivity contribution in [1.29, 1.82) is 0 Å². The second-order valence-corrected chi connectivity index (χ2v) is 8.66. The molecule has 1 aromatic carbocycles. The van der Waals surface area contributed by atoms with Crippen molar-refractivity contribution >= 4 is 28.6 Å². The Morgan fingerprint density at radius 1 is 1.04 bits per heavy atom. The van der Waals surface area contributed by atoms with Gasteiger partial charge in [0.25, 0.3) is 5.91 Å². The van der Waals surface area contributed by atoms with Crippen LogP contribution >= 0.6 is 22.7 Å². The molecule has 138 valence electrons. The molecule has 1 amide bonds. The van der Waals surface area contributed by atoms with E-state index in [0.717, 1.165) is 25.1 Å². The molecule has 4 heterocycles. The largest absolute Gasteiger partial charge is 0.490 e. The fraction of sp³-hybridized carbons (Fsp3) is 0.286. The number of fused-ring (bicyclic) bond motifs is 2. The van der Waals surface area contributed by atoms with Gasteiger partial charge >= 0.3 is 0 Å². The average molecular weight is 398 g/mol. The number of carbonyl (C=O) groups excluding carboxylic acids is 1. The van der Waals surface area contributed by atoms with Crippen LogP contribution in [-0.2, 0) is 6.42 Å². The van der Waals surface area contributed by atoms with Gasteiger partial charge < -0.3 is 14.4 Å². The summed E-state index contributed by atoms with van der Waals surface area (Å²) in [7, 11) is 0. The first-order valence-electron chi connectivity index (χ1n) is 9.11. The van der Waals surface area contributed by atoms with E-state index in [1.54, 1.807) is 22.7 Å². The molecule has 1 atom stereocenters. The monoisotopic (exact) mass is 397 g/mol. The van der Waals surface area contributed by atoms with Crippen molar-refractivity contribution in [3.05, 3.63) is 68.0 Å². The van der Waals surface area contributed by atoms with Crippen molar-refractivity contribution in [2.24, 2.45) is 0 Å². The van der Waals surface area contributed by atoms with Crippen molar-refractivity contribution < 1.29 is 14.3 Å². The molecule has 0 radical (unpaired) electrons. The van der Waals surface area contributed by atoms with Crippen LogP contribution < -0.4 is 9.47 Å². The molecule has 2 aliphatic rings. The average Bonchev–Trinajstić information content (AvgIpc) is 3.34. The zero-order valence-corrected chi connectivity index (χ0v) is 16.4. The van der Waals surface area contributed by atoms with Gasteiger partial charge in [-0.3, -0.25) is 4.79 Å². The highest BCUT2D eigenvalue weighted by atomic mass is 32.1. The van der Waals surface area contributed by atoms with Gasteiger partial charge in [0.15, 0.2) is 11.5 Å². The van der Waals surface area contributed by atoms with Gasteiger partial charge in [-0.15, -0.1) is 22.7 Å². The summed E-state index contributed by atoms with van der Waals surface area (Å²) < 4.78 is 11.5. The Labute approximate surface area is 166 Å². The number of hydrogen-bond acceptors (Lipinski definition) is 5. The van der Waals surface area contributed by atoms with Crippen molar-refractivity contribution in [3.8, 4) is 11.5 Å². The molecule has 0 spiro atoms. The van der Waals surface area contributed by atoms with Crippen LogP contribution in [0, 0.1) is 0 Å². The highest BCUT2D eigenvalue weighted by molar-refractivity contribution is 7.10. The molecule has 0 saturated heterocycles. The molecule has 0 N–H and O–H groups in total. The molecule has 2 aromatic heterocycles. The summed E-state index contributed by atoms with van der Waals surface area (Å²) in [6, 6.07) is 11.9. The number of benzene rings is 1. The molecule has 2 aliphatic heterocycles. The normalized spacial score (nSPS) is 18.7. The molecule has 0 saturated carbocycles. The second-order valence-electron chi connectivity index (χ2n) is 6.68. The smallest absolute Gasteiger partial charge is 0.254 e. The fourth-order valence-electron chi connectivity index (χ4n) is 3.75. The minimum Gasteiger partial charge on any atom is -0.490 e. The molecule has 0 bridgehead atoms. The Bertz CT molecular complexity index is 964. The van der Waals surface area contributed by atoms with Crippen LogP contribution in [-0.4, -0.2) is 30.6 Å². The minimum absolute atomic E-state index is 0.0107. The van der Waals surface area contributed by atoms with E-state index in [9.17, 15) is 4.79 Å². The predicted octanol–water partition coefficient (Wildman–Crippen LogP) is 4.76. The molecule has 27 heavy (non-hydrogen) atoms. The van der Waals surface area contributed by atoms with E-state index >= 15 is 0 Å². The molecular formula is C21H19NO3S2. The van der Waals surface area contributed by atoms with E-state index < -0.39 is 0 Å². The van der Waals surface area contributed by atoms with Crippen LogP contribution in [0.3, 0.4) is 0 Å². The summed E-state index contributed by atoms with van der Waals surface area (Å²) in [5, 5.41) is 4.21. The summed E-state index contributed by atoms with van der Waals surface area (Å²) >= 11 is 3.49. The van der Waals surface area contributed by atoms with Crippen LogP contribution in [0.4, 0.5) is 0 Å². The first-order chi connectivity index (χ1) is 13.3. The highest BCUT2D eigenvalue weighted by Gasteiger charge is 2.34. The summed E-state index contributed by atoms with van der Waals surface area (Å²) in [5.41, 5.74) is 1.91. The standard InChI is InChI=1S/C21H19NO3S2/c23-21(14-4-5-16-17(13-14)25-10-2-9-24-16)22-8-6-18-15(7-12-27-18)20(22)19-3-1-11-26-19/h1,3-5,7,11-13,20H,2,6,8-10H2/t20-/m1/s1. The van der Waals surface area contributed by atoms with Crippen molar-refractivity contribution in [2.45, 2.75) is 18.9 Å². The highest BCUT2D eigenvalue weighted by Crippen LogP contribution is 2.40. The molecule has 0 unspecified atom stereocenters. The molecular weight excluding hydrogens is 378 g/mol. The third kappa shape index (κ3) is 3.03. The number of hydrogen-bond donors (Lipinski definition) is 0. The van der Waals surface area contributed by atoms with Crippen LogP contribution in [0.1, 0.15) is 38.1 Å². The van der Waals surface area contributed by atoms with E-state index in [-0.39, 0.29) is 11.9 Å². The number of rotatable bonds is 2. The Kier molecular flexibility index (Phi) is 4.38. The first kappa shape index (κ1) is 16.8. The van der Waals surface area contributed by atoms with E-state index in [4.69, 9.17) is 9.47 Å². The van der Waals surface area contributed by atoms with Gasteiger partial charge in [0.2, 0.25) is 0 Å². The summed E-state index contributed by atoms with van der Waals surface area (Å²) in [4.78, 5) is 18.0. The summed E-state index contributed by atoms with van der Waals surface area (Å²) in [6.45, 7) is 1.99. The van der Waals surface area contributed by atoms with Gasteiger partial charge in [-0.25, -0.2) is 0 Å². The minimum atomic E-state index is -0.0107. The molecule has 0 aliphatic carbocycles. The Balaban J connectivity index is 1.51. The van der Waals surface area contributed by atoms with Gasteiger partial charge in [0.05, 0.1) is 19.3 Å². The van der Waals surface area contributed by atoms with Crippen LogP contribution in [0.15, 0.2) is 47.2 Å². The summed E-state index contributed by atoms with van der Waals surface area (Å²) in [6.07, 6.45) is 1.76. The van der Waals surface area contributed by atoms with Crippen molar-refractivity contribution in [2.75, 3.05) is 19.8 Å². The maximum absolute atomic E-state index is 13.4. The molecule has 3 aromatic rings. The van der Waals surface area contributed by atoms with Crippen molar-refractivity contribution in [1.82, 2.24) is 4.90 Å². The van der Waals surface area contributed by atoms with Crippen LogP contribution in [0.5, 0.6) is 11.5 Å². The van der Waals surface area contributed by atoms with Gasteiger partial charge in [-0.2, -0.15) is 0 Å². The lowest BCUT2D eigenvalue weighted by Gasteiger charge is -2.35. The maximum atomic E-state index is 13.4. The molecule has 4 nitrogen and oxygen atoms in total. The first-order valence-corrected chi connectivity index (χ1v) is 10.9. The number of ether oxygens (including phenoxy) is 2. The lowest BCUT2D eigenvalue weighted by Crippen LogP contribution is -2.39. The number of nitrogens with zero attached hydrogens (tertiary/aromatic N) is 1. The van der Waals surface area contributed by atoms with Gasteiger partial charge in [0.1, 0.15) is 0 Å². The number of thiophene rings is 2. The number of carbonyl (C=O) groups is 1. The van der Waals surface area contributed by atoms with Gasteiger partial charge in [-0.05, 0) is 53.1 Å². The third-order valence-electron chi connectivity index (χ3n) is 5.03. The Hall–Kier alpha value is -2.31. The SMILES string of the molecule is O=C(c1ccc2c(c1)OCCCO2)N1CCc2sccc2[C@@H]1c1cccs1. The lowest BCUT2D eigenvalue weighted by molar-refractivity contribution is 0.0698. The molecule has 0 fully saturated rings. The molecule has 5 rings (SSSR count). The third-order valence-corrected chi connectivity index (χ3v) is 6.96. The quantitative estimate of drug-likeness (QED) is 0.626. The van der Waals surface area contributed by atoms with E-state index in [2.05, 4.69) is 29.0 Å². The van der Waals surface area contributed by atoms with E-state index in [0.29, 0.717) is 24.5 Å². The Morgan fingerprint density at radius 3 is 2.78 bits per heavy atom. The van der Waals surface area contributed by atoms with Gasteiger partial charge in [0, 0.05) is 28.3 Å². The van der Waals surface area contributed by atoms with Crippen molar-refractivity contribution in [3.63, 3.8) is 0 Å². The Morgan fingerprint density at radius 2 is 1.93 bits per heavy atom. The topological polar surface area (TPSA) is 38.8 Å². The predicted molar refractivity (Wildman–Crippen MR) is 107 cm³/mol. The lowest BCUT2D eigenvalue weighted by atomic mass is 9.97. The van der Waals surface area contributed by atoms with E-state index in [1.807, 2.05) is 23.1 Å². The second kappa shape index (κ2) is 7.02. The number of amides is 1. The fourth-order valence-corrected chi connectivity index (χ4v) is 5.51. The van der Waals surface area contributed by atoms with Gasteiger partial charge in [-0.1, -0.05) is 6.07 Å². The van der Waals surface area contributed by atoms with Crippen LogP contribution in [0.2, 0.25) is 0 Å².